The fourth-order valence-electron chi connectivity index (χ4n) is 2.60. The Kier molecular flexibility index (Phi) is 8.00. The zero-order chi connectivity index (χ0) is 18.8. The van der Waals surface area contributed by atoms with Crippen LogP contribution in [0.15, 0.2) is 48.5 Å². The number of carbonyl (C=O) groups is 1. The Balaban J connectivity index is 1.73. The van der Waals surface area contributed by atoms with Crippen molar-refractivity contribution in [3.63, 3.8) is 0 Å². The normalized spacial score (nSPS) is 11.7. The van der Waals surface area contributed by atoms with Gasteiger partial charge in [-0.05, 0) is 49.6 Å². The van der Waals surface area contributed by atoms with Gasteiger partial charge in [0.2, 0.25) is 0 Å². The second kappa shape index (κ2) is 10.5. The molecule has 2 aromatic rings. The summed E-state index contributed by atoms with van der Waals surface area (Å²) < 4.78 is 11.5. The highest BCUT2D eigenvalue weighted by Crippen LogP contribution is 2.15. The van der Waals surface area contributed by atoms with E-state index in [1.807, 2.05) is 50.2 Å². The fourth-order valence-corrected chi connectivity index (χ4v) is 2.60. The molecule has 4 heteroatoms. The van der Waals surface area contributed by atoms with Crippen molar-refractivity contribution in [1.82, 2.24) is 5.32 Å². The van der Waals surface area contributed by atoms with Crippen LogP contribution in [-0.2, 0) is 11.2 Å². The second-order valence-corrected chi connectivity index (χ2v) is 6.36. The van der Waals surface area contributed by atoms with E-state index < -0.39 is 6.10 Å². The first kappa shape index (κ1) is 19.8. The highest BCUT2D eigenvalue weighted by molar-refractivity contribution is 5.81. The molecule has 0 saturated heterocycles. The summed E-state index contributed by atoms with van der Waals surface area (Å²) in [6, 6.07) is 15.8. The summed E-state index contributed by atoms with van der Waals surface area (Å²) in [5, 5.41) is 2.88. The van der Waals surface area contributed by atoms with Crippen LogP contribution in [0.3, 0.4) is 0 Å². The first-order valence-electron chi connectivity index (χ1n) is 9.35. The van der Waals surface area contributed by atoms with Crippen LogP contribution in [0.1, 0.15) is 37.8 Å². The van der Waals surface area contributed by atoms with Crippen LogP contribution in [0, 0.1) is 6.92 Å². The molecule has 26 heavy (non-hydrogen) atoms. The Morgan fingerprint density at radius 3 is 2.27 bits per heavy atom. The van der Waals surface area contributed by atoms with Crippen molar-refractivity contribution in [3.8, 4) is 11.5 Å². The highest BCUT2D eigenvalue weighted by Gasteiger charge is 2.17. The van der Waals surface area contributed by atoms with Crippen molar-refractivity contribution in [1.29, 1.82) is 0 Å². The Labute approximate surface area is 156 Å². The topological polar surface area (TPSA) is 47.6 Å². The highest BCUT2D eigenvalue weighted by atomic mass is 16.5. The molecular weight excluding hydrogens is 326 g/mol. The molecule has 2 aromatic carbocycles. The summed E-state index contributed by atoms with van der Waals surface area (Å²) >= 11 is 0. The molecule has 0 aliphatic heterocycles. The van der Waals surface area contributed by atoms with Crippen molar-refractivity contribution in [2.75, 3.05) is 13.2 Å². The van der Waals surface area contributed by atoms with Crippen LogP contribution in [0.5, 0.6) is 11.5 Å². The summed E-state index contributed by atoms with van der Waals surface area (Å²) in [7, 11) is 0. The van der Waals surface area contributed by atoms with Crippen molar-refractivity contribution in [2.24, 2.45) is 0 Å². The molecule has 1 atom stereocenters. The summed E-state index contributed by atoms with van der Waals surface area (Å²) in [5.41, 5.74) is 2.47. The summed E-state index contributed by atoms with van der Waals surface area (Å²) in [6.45, 7) is 7.00. The predicted molar refractivity (Wildman–Crippen MR) is 105 cm³/mol. The van der Waals surface area contributed by atoms with Crippen molar-refractivity contribution in [3.05, 3.63) is 59.7 Å². The number of amides is 1. The lowest BCUT2D eigenvalue weighted by Crippen LogP contribution is -2.39. The minimum absolute atomic E-state index is 0.116. The molecule has 1 unspecified atom stereocenters. The lowest BCUT2D eigenvalue weighted by molar-refractivity contribution is -0.128. The maximum Gasteiger partial charge on any atom is 0.261 e. The Hall–Kier alpha value is -2.49. The second-order valence-electron chi connectivity index (χ2n) is 6.36. The van der Waals surface area contributed by atoms with Crippen LogP contribution >= 0.6 is 0 Å². The van der Waals surface area contributed by atoms with Gasteiger partial charge in [-0.25, -0.2) is 0 Å². The number of benzene rings is 2. The third kappa shape index (κ3) is 6.43. The first-order valence-corrected chi connectivity index (χ1v) is 9.35. The summed E-state index contributed by atoms with van der Waals surface area (Å²) in [6.07, 6.45) is 2.33. The Morgan fingerprint density at radius 2 is 1.65 bits per heavy atom. The largest absolute Gasteiger partial charge is 0.492 e. The number of ether oxygens (including phenoxy) is 2. The Bertz CT molecular complexity index is 665. The quantitative estimate of drug-likeness (QED) is 0.647. The number of aryl methyl sites for hydroxylation is 2. The van der Waals surface area contributed by atoms with Gasteiger partial charge in [0.15, 0.2) is 6.10 Å². The molecule has 0 aromatic heterocycles. The molecule has 1 N–H and O–H groups in total. The number of hydrogen-bond acceptors (Lipinski definition) is 3. The fraction of sp³-hybridized carbons (Fsp3) is 0.409. The van der Waals surface area contributed by atoms with Gasteiger partial charge in [-0.3, -0.25) is 4.79 Å². The van der Waals surface area contributed by atoms with E-state index in [0.29, 0.717) is 25.3 Å². The lowest BCUT2D eigenvalue weighted by atomic mass is 10.1. The van der Waals surface area contributed by atoms with E-state index in [0.717, 1.165) is 24.2 Å². The van der Waals surface area contributed by atoms with Crippen molar-refractivity contribution >= 4 is 5.91 Å². The maximum absolute atomic E-state index is 12.3. The molecule has 0 saturated carbocycles. The third-order valence-electron chi connectivity index (χ3n) is 4.09. The van der Waals surface area contributed by atoms with Crippen LogP contribution in [0.25, 0.3) is 0 Å². The average Bonchev–Trinajstić information content (AvgIpc) is 2.66. The van der Waals surface area contributed by atoms with E-state index in [9.17, 15) is 4.79 Å². The smallest absolute Gasteiger partial charge is 0.261 e. The van der Waals surface area contributed by atoms with Gasteiger partial charge in [0.05, 0.1) is 6.54 Å². The van der Waals surface area contributed by atoms with Gasteiger partial charge in [0.25, 0.3) is 5.91 Å². The molecule has 4 nitrogen and oxygen atoms in total. The summed E-state index contributed by atoms with van der Waals surface area (Å²) in [4.78, 5) is 12.3. The predicted octanol–water partition coefficient (Wildman–Crippen LogP) is 4.30. The van der Waals surface area contributed by atoms with Gasteiger partial charge in [-0.15, -0.1) is 0 Å². The van der Waals surface area contributed by atoms with Gasteiger partial charge >= 0.3 is 0 Å². The molecule has 0 aliphatic carbocycles. The molecule has 2 rings (SSSR count). The van der Waals surface area contributed by atoms with Crippen LogP contribution in [0.4, 0.5) is 0 Å². The summed E-state index contributed by atoms with van der Waals surface area (Å²) in [5.74, 6) is 1.41. The molecule has 140 valence electrons. The molecule has 0 bridgehead atoms. The van der Waals surface area contributed by atoms with Crippen LogP contribution in [0.2, 0.25) is 0 Å². The monoisotopic (exact) mass is 355 g/mol. The lowest BCUT2D eigenvalue weighted by Gasteiger charge is -2.17. The third-order valence-corrected chi connectivity index (χ3v) is 4.09. The van der Waals surface area contributed by atoms with Gasteiger partial charge in [-0.2, -0.15) is 0 Å². The molecule has 1 amide bonds. The van der Waals surface area contributed by atoms with Gasteiger partial charge < -0.3 is 14.8 Å². The van der Waals surface area contributed by atoms with Gasteiger partial charge in [-0.1, -0.05) is 50.1 Å². The van der Waals surface area contributed by atoms with Crippen LogP contribution in [-0.4, -0.2) is 25.2 Å². The minimum atomic E-state index is -0.494. The Morgan fingerprint density at radius 1 is 1.00 bits per heavy atom. The maximum atomic E-state index is 12.3. The van der Waals surface area contributed by atoms with E-state index in [1.54, 1.807) is 0 Å². The number of rotatable bonds is 10. The van der Waals surface area contributed by atoms with E-state index in [4.69, 9.17) is 9.47 Å². The molecule has 0 radical (unpaired) electrons. The number of carbonyl (C=O) groups excluding carboxylic acids is 1. The average molecular weight is 355 g/mol. The molecule has 0 aliphatic rings. The molecule has 0 spiro atoms. The van der Waals surface area contributed by atoms with Crippen molar-refractivity contribution in [2.45, 2.75) is 46.1 Å². The van der Waals surface area contributed by atoms with Gasteiger partial charge in [0, 0.05) is 0 Å². The van der Waals surface area contributed by atoms with E-state index in [1.165, 1.54) is 5.56 Å². The standard InChI is InChI=1S/C22H29NO3/c1-4-6-18-9-13-19(14-10-18)25-16-15-23-22(24)21(5-2)26-20-11-7-17(3)8-12-20/h7-14,21H,4-6,15-16H2,1-3H3,(H,23,24). The van der Waals surface area contributed by atoms with E-state index >= 15 is 0 Å². The SMILES string of the molecule is CCCc1ccc(OCCNC(=O)C(CC)Oc2ccc(C)cc2)cc1. The molecule has 0 fully saturated rings. The number of nitrogens with one attached hydrogen (secondary N) is 1. The first-order chi connectivity index (χ1) is 12.6. The minimum Gasteiger partial charge on any atom is -0.492 e. The number of hydrogen-bond donors (Lipinski definition) is 1. The van der Waals surface area contributed by atoms with E-state index in [2.05, 4.69) is 24.4 Å². The molecular formula is C22H29NO3. The van der Waals surface area contributed by atoms with Crippen molar-refractivity contribution < 1.29 is 14.3 Å². The van der Waals surface area contributed by atoms with Gasteiger partial charge in [0.1, 0.15) is 18.1 Å². The molecule has 0 heterocycles. The van der Waals surface area contributed by atoms with E-state index in [-0.39, 0.29) is 5.91 Å². The zero-order valence-electron chi connectivity index (χ0n) is 16.0. The van der Waals surface area contributed by atoms with Crippen LogP contribution < -0.4 is 14.8 Å². The zero-order valence-corrected chi connectivity index (χ0v) is 16.0.